The lowest BCUT2D eigenvalue weighted by Gasteiger charge is -2.20. The molecule has 136 valence electrons. The van der Waals surface area contributed by atoms with Crippen LogP contribution in [0.3, 0.4) is 0 Å². The third-order valence-electron chi connectivity index (χ3n) is 4.65. The number of nitrogens with zero attached hydrogens (tertiary/aromatic N) is 3. The molecule has 3 rings (SSSR count). The number of hydrogen-bond acceptors (Lipinski definition) is 5. The Morgan fingerprint density at radius 1 is 1.44 bits per heavy atom. The number of rotatable bonds is 4. The summed E-state index contributed by atoms with van der Waals surface area (Å²) in [5.41, 5.74) is 2.00. The molecule has 1 N–H and O–H groups in total. The zero-order chi connectivity index (χ0) is 18.2. The highest BCUT2D eigenvalue weighted by atomic mass is 16.5. The van der Waals surface area contributed by atoms with Crippen molar-refractivity contribution >= 4 is 17.0 Å². The zero-order valence-corrected chi connectivity index (χ0v) is 15.8. The minimum absolute atomic E-state index is 0.0760. The fourth-order valence-electron chi connectivity index (χ4n) is 3.28. The molecule has 1 atom stereocenters. The van der Waals surface area contributed by atoms with Crippen LogP contribution in [-0.2, 0) is 6.42 Å². The van der Waals surface area contributed by atoms with E-state index in [0.717, 1.165) is 37.0 Å². The molecule has 0 unspecified atom stereocenters. The van der Waals surface area contributed by atoms with E-state index in [9.17, 15) is 4.79 Å². The van der Waals surface area contributed by atoms with Crippen LogP contribution in [0.5, 0.6) is 0 Å². The summed E-state index contributed by atoms with van der Waals surface area (Å²) in [6.45, 7) is 12.8. The zero-order valence-electron chi connectivity index (χ0n) is 15.8. The summed E-state index contributed by atoms with van der Waals surface area (Å²) in [6, 6.07) is 2.56. The summed E-state index contributed by atoms with van der Waals surface area (Å²) in [6.07, 6.45) is 3.33. The van der Waals surface area contributed by atoms with Gasteiger partial charge < -0.3 is 9.84 Å². The van der Waals surface area contributed by atoms with Gasteiger partial charge in [0.15, 0.2) is 0 Å². The molecule has 1 aliphatic rings. The molecule has 6 heteroatoms. The monoisotopic (exact) mass is 344 g/mol. The van der Waals surface area contributed by atoms with E-state index in [4.69, 9.17) is 4.52 Å². The number of hydrogen-bond donors (Lipinski definition) is 1. The van der Waals surface area contributed by atoms with E-state index in [1.54, 1.807) is 6.20 Å². The summed E-state index contributed by atoms with van der Waals surface area (Å²) in [5, 5.41) is 8.10. The number of aromatic nitrogens is 2. The average molecular weight is 344 g/mol. The van der Waals surface area contributed by atoms with Crippen LogP contribution in [0.25, 0.3) is 11.1 Å². The van der Waals surface area contributed by atoms with Gasteiger partial charge in [0.05, 0.1) is 16.6 Å². The van der Waals surface area contributed by atoms with E-state index in [1.165, 1.54) is 0 Å². The lowest BCUT2D eigenvalue weighted by atomic mass is 9.90. The Morgan fingerprint density at radius 2 is 2.20 bits per heavy atom. The fraction of sp³-hybridized carbons (Fsp3) is 0.632. The highest BCUT2D eigenvalue weighted by molar-refractivity contribution is 5.97. The van der Waals surface area contributed by atoms with Crippen LogP contribution in [0.1, 0.15) is 57.1 Å². The van der Waals surface area contributed by atoms with Gasteiger partial charge in [-0.1, -0.05) is 25.9 Å². The molecule has 1 fully saturated rings. The SMILES string of the molecule is CC(C)N1CC[C@H](NC(=O)c2cnc3onc(CC(C)(C)C)c3c2)C1. The van der Waals surface area contributed by atoms with Crippen LogP contribution in [0, 0.1) is 5.41 Å². The van der Waals surface area contributed by atoms with Gasteiger partial charge in [-0.2, -0.15) is 0 Å². The van der Waals surface area contributed by atoms with Crippen LogP contribution in [0.2, 0.25) is 0 Å². The number of fused-ring (bicyclic) bond motifs is 1. The van der Waals surface area contributed by atoms with Gasteiger partial charge in [-0.15, -0.1) is 0 Å². The van der Waals surface area contributed by atoms with E-state index < -0.39 is 0 Å². The highest BCUT2D eigenvalue weighted by Gasteiger charge is 2.26. The van der Waals surface area contributed by atoms with Crippen molar-refractivity contribution < 1.29 is 9.32 Å². The maximum atomic E-state index is 12.6. The third kappa shape index (κ3) is 4.18. The first-order chi connectivity index (χ1) is 11.7. The van der Waals surface area contributed by atoms with Crippen LogP contribution in [-0.4, -0.2) is 46.1 Å². The first-order valence-corrected chi connectivity index (χ1v) is 9.02. The number of amides is 1. The molecule has 25 heavy (non-hydrogen) atoms. The molecule has 6 nitrogen and oxygen atoms in total. The van der Waals surface area contributed by atoms with Gasteiger partial charge in [0.2, 0.25) is 0 Å². The number of carbonyl (C=O) groups excluding carboxylic acids is 1. The normalized spacial score (nSPS) is 19.0. The highest BCUT2D eigenvalue weighted by Crippen LogP contribution is 2.26. The molecule has 1 aliphatic heterocycles. The molecule has 0 radical (unpaired) electrons. The molecule has 0 bridgehead atoms. The Bertz CT molecular complexity index is 760. The number of likely N-dealkylation sites (tertiary alicyclic amines) is 1. The molecule has 0 aromatic carbocycles. The van der Waals surface area contributed by atoms with E-state index in [-0.39, 0.29) is 17.4 Å². The number of carbonyl (C=O) groups is 1. The van der Waals surface area contributed by atoms with E-state index >= 15 is 0 Å². The van der Waals surface area contributed by atoms with Crippen molar-refractivity contribution in [2.75, 3.05) is 13.1 Å². The van der Waals surface area contributed by atoms with E-state index in [2.05, 4.69) is 55.0 Å². The summed E-state index contributed by atoms with van der Waals surface area (Å²) in [4.78, 5) is 19.3. The molecular weight excluding hydrogens is 316 g/mol. The Balaban J connectivity index is 1.75. The van der Waals surface area contributed by atoms with Gasteiger partial charge in [-0.25, -0.2) is 4.98 Å². The van der Waals surface area contributed by atoms with Gasteiger partial charge in [-0.3, -0.25) is 9.69 Å². The van der Waals surface area contributed by atoms with E-state index in [1.807, 2.05) is 6.07 Å². The Labute approximate surface area is 149 Å². The van der Waals surface area contributed by atoms with Gasteiger partial charge in [0.1, 0.15) is 0 Å². The van der Waals surface area contributed by atoms with Gasteiger partial charge >= 0.3 is 0 Å². The van der Waals surface area contributed by atoms with Gasteiger partial charge in [-0.05, 0) is 38.2 Å². The summed E-state index contributed by atoms with van der Waals surface area (Å²) < 4.78 is 5.30. The molecule has 1 amide bonds. The number of pyridine rings is 1. The van der Waals surface area contributed by atoms with E-state index in [0.29, 0.717) is 17.3 Å². The second kappa shape index (κ2) is 6.75. The summed E-state index contributed by atoms with van der Waals surface area (Å²) in [7, 11) is 0. The second-order valence-electron chi connectivity index (χ2n) is 8.49. The van der Waals surface area contributed by atoms with Gasteiger partial charge in [0.25, 0.3) is 11.6 Å². The van der Waals surface area contributed by atoms with Crippen LogP contribution in [0.4, 0.5) is 0 Å². The van der Waals surface area contributed by atoms with Crippen molar-refractivity contribution in [1.82, 2.24) is 20.4 Å². The van der Waals surface area contributed by atoms with Crippen LogP contribution in [0.15, 0.2) is 16.8 Å². The topological polar surface area (TPSA) is 71.3 Å². The van der Waals surface area contributed by atoms with Crippen molar-refractivity contribution in [2.24, 2.45) is 5.41 Å². The molecule has 3 heterocycles. The maximum absolute atomic E-state index is 12.6. The van der Waals surface area contributed by atoms with Crippen molar-refractivity contribution in [3.8, 4) is 0 Å². The second-order valence-corrected chi connectivity index (χ2v) is 8.49. The molecular formula is C19H28N4O2. The van der Waals surface area contributed by atoms with Crippen molar-refractivity contribution in [3.05, 3.63) is 23.5 Å². The lowest BCUT2D eigenvalue weighted by Crippen LogP contribution is -2.38. The number of nitrogens with one attached hydrogen (secondary N) is 1. The predicted octanol–water partition coefficient (Wildman–Crippen LogP) is 3.02. The Kier molecular flexibility index (Phi) is 4.82. The van der Waals surface area contributed by atoms with Crippen molar-refractivity contribution in [3.63, 3.8) is 0 Å². The maximum Gasteiger partial charge on any atom is 0.257 e. The molecule has 0 saturated carbocycles. The first-order valence-electron chi connectivity index (χ1n) is 9.02. The third-order valence-corrected chi connectivity index (χ3v) is 4.65. The minimum atomic E-state index is -0.0760. The minimum Gasteiger partial charge on any atom is -0.348 e. The fourth-order valence-corrected chi connectivity index (χ4v) is 3.28. The average Bonchev–Trinajstić information content (AvgIpc) is 3.13. The molecule has 1 saturated heterocycles. The summed E-state index contributed by atoms with van der Waals surface area (Å²) in [5.74, 6) is -0.0760. The smallest absolute Gasteiger partial charge is 0.257 e. The molecule has 0 aliphatic carbocycles. The Morgan fingerprint density at radius 3 is 2.84 bits per heavy atom. The summed E-state index contributed by atoms with van der Waals surface area (Å²) >= 11 is 0. The largest absolute Gasteiger partial charge is 0.348 e. The van der Waals surface area contributed by atoms with Crippen molar-refractivity contribution in [2.45, 2.75) is 59.5 Å². The standard InChI is InChI=1S/C19H28N4O2/c1-12(2)23-7-6-14(11-23)21-17(24)13-8-15-16(9-19(3,4)5)22-25-18(15)20-10-13/h8,10,12,14H,6-7,9,11H2,1-5H3,(H,21,24)/t14-/m0/s1. The first kappa shape index (κ1) is 17.9. The lowest BCUT2D eigenvalue weighted by molar-refractivity contribution is 0.0936. The molecule has 0 spiro atoms. The predicted molar refractivity (Wildman–Crippen MR) is 97.5 cm³/mol. The molecule has 2 aromatic rings. The van der Waals surface area contributed by atoms with Crippen molar-refractivity contribution in [1.29, 1.82) is 0 Å². The van der Waals surface area contributed by atoms with Crippen LogP contribution < -0.4 is 5.32 Å². The van der Waals surface area contributed by atoms with Gasteiger partial charge in [0, 0.05) is 31.4 Å². The molecule has 2 aromatic heterocycles. The quantitative estimate of drug-likeness (QED) is 0.923. The Hall–Kier alpha value is -1.95. The van der Waals surface area contributed by atoms with Crippen LogP contribution >= 0.6 is 0 Å².